The maximum atomic E-state index is 13.3. The van der Waals surface area contributed by atoms with E-state index >= 15 is 0 Å². The number of nitrogens with two attached hydrogens (primary N) is 1. The van der Waals surface area contributed by atoms with Gasteiger partial charge in [0.25, 0.3) is 5.91 Å². The van der Waals surface area contributed by atoms with Crippen molar-refractivity contribution in [3.05, 3.63) is 95.3 Å². The monoisotopic (exact) mass is 593 g/mol. The van der Waals surface area contributed by atoms with Crippen LogP contribution < -0.4 is 21.1 Å². The minimum Gasteiger partial charge on any atom is -0.494 e. The number of primary amides is 1. The van der Waals surface area contributed by atoms with Gasteiger partial charge in [-0.1, -0.05) is 54.6 Å². The molecule has 11 heteroatoms. The van der Waals surface area contributed by atoms with Gasteiger partial charge in [-0.15, -0.1) is 0 Å². The first-order chi connectivity index (χ1) is 21.3. The van der Waals surface area contributed by atoms with Crippen LogP contribution in [0.5, 0.6) is 5.75 Å². The predicted octanol–water partition coefficient (Wildman–Crippen LogP) is 4.68. The largest absolute Gasteiger partial charge is 0.494 e. The van der Waals surface area contributed by atoms with Crippen molar-refractivity contribution in [2.75, 3.05) is 12.4 Å². The van der Waals surface area contributed by atoms with E-state index in [2.05, 4.69) is 32.8 Å². The van der Waals surface area contributed by atoms with Crippen molar-refractivity contribution in [1.29, 1.82) is 0 Å². The first-order valence-corrected chi connectivity index (χ1v) is 14.4. The minimum absolute atomic E-state index is 0.0996. The number of carbonyl (C=O) groups excluding carboxylic acids is 3. The standard InChI is InChI=1S/C33H35N7O4/c1-4-40-27(17-21(2)38-40)32(43)37-33-36-26-18-25(31(34)42)19-28(44-3)30(26)39(33)16-8-11-29(41)35-20-22-12-14-24(15-13-22)23-9-6-5-7-10-23/h5-7,9-10,12-15,17-19H,4,8,11,16,20H2,1-3H3,(H2,34,42)(H,35,41)(H,36,37,43). The lowest BCUT2D eigenvalue weighted by Crippen LogP contribution is -2.23. The van der Waals surface area contributed by atoms with Crippen LogP contribution in [0.15, 0.2) is 72.8 Å². The summed E-state index contributed by atoms with van der Waals surface area (Å²) in [5.41, 5.74) is 11.1. The number of fused-ring (bicyclic) bond motifs is 1. The van der Waals surface area contributed by atoms with Crippen LogP contribution in [0.25, 0.3) is 22.2 Å². The Morgan fingerprint density at radius 2 is 1.70 bits per heavy atom. The molecule has 0 saturated carbocycles. The molecule has 3 aromatic carbocycles. The third-order valence-electron chi connectivity index (χ3n) is 7.31. The number of methoxy groups -OCH3 is 1. The highest BCUT2D eigenvalue weighted by Crippen LogP contribution is 2.31. The lowest BCUT2D eigenvalue weighted by atomic mass is 10.0. The van der Waals surface area contributed by atoms with Crippen LogP contribution in [0, 0.1) is 6.92 Å². The molecule has 5 aromatic rings. The van der Waals surface area contributed by atoms with Gasteiger partial charge in [0.2, 0.25) is 17.8 Å². The van der Waals surface area contributed by atoms with Crippen molar-refractivity contribution in [2.24, 2.45) is 5.73 Å². The molecule has 2 aromatic heterocycles. The average Bonchev–Trinajstić information content (AvgIpc) is 3.59. The molecule has 0 aliphatic heterocycles. The van der Waals surface area contributed by atoms with Crippen molar-refractivity contribution < 1.29 is 19.1 Å². The number of imidazole rings is 1. The van der Waals surface area contributed by atoms with Gasteiger partial charge in [-0.25, -0.2) is 4.98 Å². The molecule has 226 valence electrons. The highest BCUT2D eigenvalue weighted by Gasteiger charge is 2.21. The van der Waals surface area contributed by atoms with E-state index in [4.69, 9.17) is 10.5 Å². The molecule has 0 aliphatic rings. The molecule has 5 rings (SSSR count). The molecule has 0 radical (unpaired) electrons. The molecule has 2 heterocycles. The van der Waals surface area contributed by atoms with Gasteiger partial charge >= 0.3 is 0 Å². The molecule has 3 amide bonds. The van der Waals surface area contributed by atoms with Gasteiger partial charge in [0, 0.05) is 31.6 Å². The molecular weight excluding hydrogens is 558 g/mol. The van der Waals surface area contributed by atoms with Crippen molar-refractivity contribution >= 4 is 34.7 Å². The zero-order chi connectivity index (χ0) is 31.2. The van der Waals surface area contributed by atoms with E-state index in [9.17, 15) is 14.4 Å². The number of aromatic nitrogens is 4. The molecule has 0 spiro atoms. The Bertz CT molecular complexity index is 1810. The highest BCUT2D eigenvalue weighted by atomic mass is 16.5. The van der Waals surface area contributed by atoms with Crippen molar-refractivity contribution in [1.82, 2.24) is 24.6 Å². The van der Waals surface area contributed by atoms with Gasteiger partial charge in [0.1, 0.15) is 17.0 Å². The zero-order valence-corrected chi connectivity index (χ0v) is 25.0. The Labute approximate surface area is 255 Å². The maximum Gasteiger partial charge on any atom is 0.276 e. The van der Waals surface area contributed by atoms with Crippen LogP contribution >= 0.6 is 0 Å². The van der Waals surface area contributed by atoms with Gasteiger partial charge in [0.15, 0.2) is 0 Å². The van der Waals surface area contributed by atoms with Crippen molar-refractivity contribution in [3.63, 3.8) is 0 Å². The molecule has 0 bridgehead atoms. The summed E-state index contributed by atoms with van der Waals surface area (Å²) in [5.74, 6) is -0.474. The van der Waals surface area contributed by atoms with Gasteiger partial charge in [-0.05, 0) is 55.2 Å². The van der Waals surface area contributed by atoms with E-state index in [1.54, 1.807) is 27.4 Å². The summed E-state index contributed by atoms with van der Waals surface area (Å²) < 4.78 is 8.98. The number of benzene rings is 3. The normalized spacial score (nSPS) is 11.0. The van der Waals surface area contributed by atoms with Crippen molar-refractivity contribution in [3.8, 4) is 16.9 Å². The number of anilines is 1. The zero-order valence-electron chi connectivity index (χ0n) is 25.0. The van der Waals surface area contributed by atoms with E-state index in [0.717, 1.165) is 22.4 Å². The molecule has 0 fully saturated rings. The smallest absolute Gasteiger partial charge is 0.276 e. The van der Waals surface area contributed by atoms with Gasteiger partial charge in [-0.2, -0.15) is 5.10 Å². The van der Waals surface area contributed by atoms with Crippen molar-refractivity contribution in [2.45, 2.75) is 46.3 Å². The number of amides is 3. The number of carbonyl (C=O) groups is 3. The Morgan fingerprint density at radius 1 is 0.977 bits per heavy atom. The molecular formula is C33H35N7O4. The summed E-state index contributed by atoms with van der Waals surface area (Å²) in [7, 11) is 1.48. The number of hydrogen-bond donors (Lipinski definition) is 3. The summed E-state index contributed by atoms with van der Waals surface area (Å²) in [4.78, 5) is 42.6. The second kappa shape index (κ2) is 13.2. The lowest BCUT2D eigenvalue weighted by Gasteiger charge is -2.13. The molecule has 0 unspecified atom stereocenters. The quantitative estimate of drug-likeness (QED) is 0.191. The average molecular weight is 594 g/mol. The fraction of sp³-hybridized carbons (Fsp3) is 0.242. The van der Waals surface area contributed by atoms with E-state index in [1.165, 1.54) is 7.11 Å². The minimum atomic E-state index is -0.626. The Hall–Kier alpha value is -5.45. The van der Waals surface area contributed by atoms with Gasteiger partial charge in [0.05, 0.1) is 18.3 Å². The first-order valence-electron chi connectivity index (χ1n) is 14.4. The summed E-state index contributed by atoms with van der Waals surface area (Å²) >= 11 is 0. The van der Waals surface area contributed by atoms with Crippen LogP contribution in [0.1, 0.15) is 51.9 Å². The van der Waals surface area contributed by atoms with E-state index in [1.807, 2.05) is 56.3 Å². The molecule has 4 N–H and O–H groups in total. The third kappa shape index (κ3) is 6.62. The fourth-order valence-corrected chi connectivity index (χ4v) is 5.11. The maximum absolute atomic E-state index is 13.3. The molecule has 0 saturated heterocycles. The second-order valence-corrected chi connectivity index (χ2v) is 10.4. The van der Waals surface area contributed by atoms with Crippen LogP contribution in [0.4, 0.5) is 5.95 Å². The summed E-state index contributed by atoms with van der Waals surface area (Å²) in [6.07, 6.45) is 0.707. The summed E-state index contributed by atoms with van der Waals surface area (Å²) in [5, 5.41) is 10.2. The number of nitrogens with zero attached hydrogens (tertiary/aromatic N) is 4. The number of aryl methyl sites for hydroxylation is 3. The molecule has 44 heavy (non-hydrogen) atoms. The van der Waals surface area contributed by atoms with Crippen LogP contribution in [-0.2, 0) is 24.4 Å². The van der Waals surface area contributed by atoms with E-state index in [0.29, 0.717) is 48.5 Å². The summed E-state index contributed by atoms with van der Waals surface area (Å²) in [6, 6.07) is 23.0. The lowest BCUT2D eigenvalue weighted by molar-refractivity contribution is -0.121. The molecule has 0 atom stereocenters. The van der Waals surface area contributed by atoms with Crippen LogP contribution in [0.2, 0.25) is 0 Å². The Morgan fingerprint density at radius 3 is 2.39 bits per heavy atom. The molecule has 0 aliphatic carbocycles. The fourth-order valence-electron chi connectivity index (χ4n) is 5.11. The highest BCUT2D eigenvalue weighted by molar-refractivity contribution is 6.04. The van der Waals surface area contributed by atoms with Crippen LogP contribution in [0.3, 0.4) is 0 Å². The number of nitrogens with one attached hydrogen (secondary N) is 2. The van der Waals surface area contributed by atoms with E-state index < -0.39 is 5.91 Å². The first kappa shape index (κ1) is 30.0. The number of ether oxygens (including phenoxy) is 1. The Balaban J connectivity index is 1.30. The van der Waals surface area contributed by atoms with Gasteiger partial charge < -0.3 is 20.4 Å². The Kier molecular flexibility index (Phi) is 9.03. The topological polar surface area (TPSA) is 146 Å². The number of hydrogen-bond acceptors (Lipinski definition) is 6. The SMILES string of the molecule is CCn1nc(C)cc1C(=O)Nc1nc2cc(C(N)=O)cc(OC)c2n1CCCC(=O)NCc1ccc(-c2ccccc2)cc1. The molecule has 11 nitrogen and oxygen atoms in total. The van der Waals surface area contributed by atoms with E-state index in [-0.39, 0.29) is 29.7 Å². The number of rotatable bonds is 12. The third-order valence-corrected chi connectivity index (χ3v) is 7.31. The van der Waals surface area contributed by atoms with Crippen LogP contribution in [-0.4, -0.2) is 44.2 Å². The second-order valence-electron chi connectivity index (χ2n) is 10.4. The van der Waals surface area contributed by atoms with Gasteiger partial charge in [-0.3, -0.25) is 24.4 Å². The predicted molar refractivity (Wildman–Crippen MR) is 168 cm³/mol. The summed E-state index contributed by atoms with van der Waals surface area (Å²) in [6.45, 7) is 5.01.